The SMILES string of the molecule is CC(C)OCC(O)CN[C@H](C)C1CCCC1. The average molecular weight is 229 g/mol. The van der Waals surface area contributed by atoms with Crippen LogP contribution in [0.25, 0.3) is 0 Å². The van der Waals surface area contributed by atoms with Crippen LogP contribution in [0.2, 0.25) is 0 Å². The van der Waals surface area contributed by atoms with Gasteiger partial charge in [0.15, 0.2) is 0 Å². The van der Waals surface area contributed by atoms with Gasteiger partial charge in [0.05, 0.1) is 18.8 Å². The van der Waals surface area contributed by atoms with Crippen molar-refractivity contribution in [2.24, 2.45) is 5.92 Å². The first kappa shape index (κ1) is 13.9. The van der Waals surface area contributed by atoms with E-state index in [4.69, 9.17) is 4.74 Å². The highest BCUT2D eigenvalue weighted by Gasteiger charge is 2.21. The van der Waals surface area contributed by atoms with Crippen LogP contribution in [-0.4, -0.2) is 36.5 Å². The molecule has 0 aliphatic heterocycles. The Morgan fingerprint density at radius 2 is 1.88 bits per heavy atom. The fraction of sp³-hybridized carbons (Fsp3) is 1.00. The summed E-state index contributed by atoms with van der Waals surface area (Å²) < 4.78 is 5.37. The van der Waals surface area contributed by atoms with Crippen LogP contribution in [0.3, 0.4) is 0 Å². The molecule has 2 atom stereocenters. The van der Waals surface area contributed by atoms with Gasteiger partial charge in [0.1, 0.15) is 0 Å². The maximum absolute atomic E-state index is 9.70. The third-order valence-corrected chi connectivity index (χ3v) is 3.40. The molecule has 1 aliphatic rings. The molecule has 3 heteroatoms. The molecule has 3 nitrogen and oxygen atoms in total. The molecule has 2 N–H and O–H groups in total. The van der Waals surface area contributed by atoms with Crippen LogP contribution in [-0.2, 0) is 4.74 Å². The van der Waals surface area contributed by atoms with Crippen molar-refractivity contribution in [1.29, 1.82) is 0 Å². The van der Waals surface area contributed by atoms with Gasteiger partial charge in [-0.2, -0.15) is 0 Å². The number of hydrogen-bond acceptors (Lipinski definition) is 3. The summed E-state index contributed by atoms with van der Waals surface area (Å²) in [6, 6.07) is 0.524. The Hall–Kier alpha value is -0.120. The molecule has 1 aliphatic carbocycles. The minimum Gasteiger partial charge on any atom is -0.389 e. The molecule has 0 aromatic heterocycles. The lowest BCUT2D eigenvalue weighted by Gasteiger charge is -2.22. The molecular weight excluding hydrogens is 202 g/mol. The second-order valence-electron chi connectivity index (χ2n) is 5.28. The average Bonchev–Trinajstić information content (AvgIpc) is 2.76. The van der Waals surface area contributed by atoms with E-state index in [0.717, 1.165) is 5.92 Å². The van der Waals surface area contributed by atoms with Crippen molar-refractivity contribution in [3.8, 4) is 0 Å². The number of aliphatic hydroxyl groups excluding tert-OH is 1. The molecule has 0 saturated heterocycles. The van der Waals surface area contributed by atoms with Crippen LogP contribution in [0.15, 0.2) is 0 Å². The molecule has 0 bridgehead atoms. The van der Waals surface area contributed by atoms with Crippen molar-refractivity contribution in [3.05, 3.63) is 0 Å². The normalized spacial score (nSPS) is 21.6. The molecule has 0 aromatic carbocycles. The van der Waals surface area contributed by atoms with E-state index in [1.807, 2.05) is 13.8 Å². The summed E-state index contributed by atoms with van der Waals surface area (Å²) >= 11 is 0. The Balaban J connectivity index is 2.08. The summed E-state index contributed by atoms with van der Waals surface area (Å²) in [4.78, 5) is 0. The van der Waals surface area contributed by atoms with Gasteiger partial charge in [-0.3, -0.25) is 0 Å². The minimum absolute atomic E-state index is 0.196. The number of aliphatic hydroxyl groups is 1. The van der Waals surface area contributed by atoms with Gasteiger partial charge in [0, 0.05) is 12.6 Å². The van der Waals surface area contributed by atoms with Crippen LogP contribution in [0.1, 0.15) is 46.5 Å². The van der Waals surface area contributed by atoms with Gasteiger partial charge >= 0.3 is 0 Å². The quantitative estimate of drug-likeness (QED) is 0.701. The predicted octanol–water partition coefficient (Wildman–Crippen LogP) is 1.94. The van der Waals surface area contributed by atoms with Gasteiger partial charge in [-0.15, -0.1) is 0 Å². The number of rotatable bonds is 7. The summed E-state index contributed by atoms with van der Waals surface area (Å²) in [5.74, 6) is 0.804. The van der Waals surface area contributed by atoms with Crippen LogP contribution in [0, 0.1) is 5.92 Å². The van der Waals surface area contributed by atoms with Crippen molar-refractivity contribution < 1.29 is 9.84 Å². The van der Waals surface area contributed by atoms with Gasteiger partial charge < -0.3 is 15.2 Å². The van der Waals surface area contributed by atoms with E-state index < -0.39 is 0 Å². The summed E-state index contributed by atoms with van der Waals surface area (Å²) in [5, 5.41) is 13.1. The fourth-order valence-corrected chi connectivity index (χ4v) is 2.31. The molecule has 0 spiro atoms. The first-order chi connectivity index (χ1) is 7.59. The molecule has 0 radical (unpaired) electrons. The van der Waals surface area contributed by atoms with Gasteiger partial charge in [-0.25, -0.2) is 0 Å². The Morgan fingerprint density at radius 3 is 2.44 bits per heavy atom. The highest BCUT2D eigenvalue weighted by atomic mass is 16.5. The van der Waals surface area contributed by atoms with Gasteiger partial charge in [0.2, 0.25) is 0 Å². The van der Waals surface area contributed by atoms with E-state index in [9.17, 15) is 5.11 Å². The number of ether oxygens (including phenoxy) is 1. The second kappa shape index (κ2) is 7.25. The predicted molar refractivity (Wildman–Crippen MR) is 66.5 cm³/mol. The first-order valence-corrected chi connectivity index (χ1v) is 6.62. The Kier molecular flexibility index (Phi) is 6.32. The zero-order chi connectivity index (χ0) is 12.0. The summed E-state index contributed by atoms with van der Waals surface area (Å²) in [6.45, 7) is 7.28. The van der Waals surface area contributed by atoms with Crippen LogP contribution < -0.4 is 5.32 Å². The Bertz CT molecular complexity index is 179. The molecule has 16 heavy (non-hydrogen) atoms. The lowest BCUT2D eigenvalue weighted by atomic mass is 10.00. The lowest BCUT2D eigenvalue weighted by molar-refractivity contribution is 0.00501. The molecule has 0 heterocycles. The summed E-state index contributed by atoms with van der Waals surface area (Å²) in [7, 11) is 0. The zero-order valence-electron chi connectivity index (χ0n) is 10.9. The fourth-order valence-electron chi connectivity index (χ4n) is 2.31. The van der Waals surface area contributed by atoms with E-state index in [1.165, 1.54) is 25.7 Å². The molecule has 1 rings (SSSR count). The monoisotopic (exact) mass is 229 g/mol. The van der Waals surface area contributed by atoms with E-state index >= 15 is 0 Å². The molecular formula is C13H27NO2. The third-order valence-electron chi connectivity index (χ3n) is 3.40. The Morgan fingerprint density at radius 1 is 1.25 bits per heavy atom. The maximum atomic E-state index is 9.70. The molecule has 0 aromatic rings. The van der Waals surface area contributed by atoms with Crippen molar-refractivity contribution in [3.63, 3.8) is 0 Å². The summed E-state index contributed by atoms with van der Waals surface area (Å²) in [6.07, 6.45) is 5.23. The smallest absolute Gasteiger partial charge is 0.0897 e. The minimum atomic E-state index is -0.383. The zero-order valence-corrected chi connectivity index (χ0v) is 10.9. The topological polar surface area (TPSA) is 41.5 Å². The van der Waals surface area contributed by atoms with Gasteiger partial charge in [-0.1, -0.05) is 12.8 Å². The van der Waals surface area contributed by atoms with E-state index in [-0.39, 0.29) is 12.2 Å². The molecule has 1 fully saturated rings. The highest BCUT2D eigenvalue weighted by Crippen LogP contribution is 2.27. The van der Waals surface area contributed by atoms with Gasteiger partial charge in [0.25, 0.3) is 0 Å². The Labute approximate surface area is 99.6 Å². The lowest BCUT2D eigenvalue weighted by Crippen LogP contribution is -2.39. The van der Waals surface area contributed by atoms with Crippen LogP contribution in [0.5, 0.6) is 0 Å². The number of hydrogen-bond donors (Lipinski definition) is 2. The van der Waals surface area contributed by atoms with Crippen molar-refractivity contribution in [2.45, 2.75) is 64.7 Å². The van der Waals surface area contributed by atoms with E-state index in [2.05, 4.69) is 12.2 Å². The highest BCUT2D eigenvalue weighted by molar-refractivity contribution is 4.78. The molecule has 0 amide bonds. The van der Waals surface area contributed by atoms with Crippen LogP contribution in [0.4, 0.5) is 0 Å². The van der Waals surface area contributed by atoms with Crippen molar-refractivity contribution >= 4 is 0 Å². The second-order valence-corrected chi connectivity index (χ2v) is 5.28. The number of nitrogens with one attached hydrogen (secondary N) is 1. The molecule has 96 valence electrons. The van der Waals surface area contributed by atoms with Gasteiger partial charge in [-0.05, 0) is 39.5 Å². The van der Waals surface area contributed by atoms with Crippen LogP contribution >= 0.6 is 0 Å². The largest absolute Gasteiger partial charge is 0.389 e. The first-order valence-electron chi connectivity index (χ1n) is 6.62. The van der Waals surface area contributed by atoms with E-state index in [1.54, 1.807) is 0 Å². The standard InChI is InChI=1S/C13H27NO2/c1-10(2)16-9-13(15)8-14-11(3)12-6-4-5-7-12/h10-15H,4-9H2,1-3H3/t11-,13?/m1/s1. The molecule has 1 saturated carbocycles. The van der Waals surface area contributed by atoms with E-state index in [0.29, 0.717) is 19.2 Å². The van der Waals surface area contributed by atoms with Crippen molar-refractivity contribution in [2.75, 3.05) is 13.2 Å². The maximum Gasteiger partial charge on any atom is 0.0897 e. The third kappa shape index (κ3) is 5.28. The molecule has 1 unspecified atom stereocenters. The van der Waals surface area contributed by atoms with Crippen molar-refractivity contribution in [1.82, 2.24) is 5.32 Å². The summed E-state index contributed by atoms with van der Waals surface area (Å²) in [5.41, 5.74) is 0.